The predicted molar refractivity (Wildman–Crippen MR) is 115 cm³/mol. The minimum Gasteiger partial charge on any atom is -0.494 e. The smallest absolute Gasteiger partial charge is 0.279 e. The number of benzene rings is 2. The van der Waals surface area contributed by atoms with Crippen molar-refractivity contribution >= 4 is 23.2 Å². The van der Waals surface area contributed by atoms with Gasteiger partial charge >= 0.3 is 0 Å². The highest BCUT2D eigenvalue weighted by atomic mass is 16.5. The summed E-state index contributed by atoms with van der Waals surface area (Å²) in [5, 5.41) is 5.80. The van der Waals surface area contributed by atoms with Crippen molar-refractivity contribution in [3.05, 3.63) is 54.1 Å². The summed E-state index contributed by atoms with van der Waals surface area (Å²) in [5.74, 6) is 1.09. The number of piperidine rings is 1. The number of carbonyl (C=O) groups excluding carboxylic acids is 2. The van der Waals surface area contributed by atoms with Crippen molar-refractivity contribution in [2.45, 2.75) is 26.7 Å². The maximum atomic E-state index is 12.8. The summed E-state index contributed by atoms with van der Waals surface area (Å²) >= 11 is 0. The van der Waals surface area contributed by atoms with Gasteiger partial charge in [-0.1, -0.05) is 19.1 Å². The first-order chi connectivity index (χ1) is 14.0. The standard InChI is InChI=1S/C23H29N3O3/c1-3-29-19-12-10-18(11-13-19)24-23(28)20-8-4-5-9-21(20)25-22(27)16-26-14-6-7-17(2)15-26/h4-5,8-13,17H,3,6-7,14-16H2,1-2H3,(H,24,28)(H,25,27)/p+1/t17-/m0/s1. The summed E-state index contributed by atoms with van der Waals surface area (Å²) in [6.45, 7) is 7.23. The Labute approximate surface area is 172 Å². The fraction of sp³-hybridized carbons (Fsp3) is 0.391. The lowest BCUT2D eigenvalue weighted by Gasteiger charge is -2.27. The summed E-state index contributed by atoms with van der Waals surface area (Å²) in [6, 6.07) is 14.3. The van der Waals surface area contributed by atoms with Crippen molar-refractivity contribution < 1.29 is 19.2 Å². The Morgan fingerprint density at radius 1 is 1.10 bits per heavy atom. The third kappa shape index (κ3) is 6.06. The number of quaternary nitrogens is 1. The van der Waals surface area contributed by atoms with Gasteiger partial charge < -0.3 is 20.3 Å². The number of amides is 2. The number of hydrogen-bond acceptors (Lipinski definition) is 3. The quantitative estimate of drug-likeness (QED) is 0.674. The molecule has 0 aromatic heterocycles. The van der Waals surface area contributed by atoms with Crippen LogP contribution in [-0.2, 0) is 4.79 Å². The van der Waals surface area contributed by atoms with E-state index >= 15 is 0 Å². The van der Waals surface area contributed by atoms with E-state index in [1.165, 1.54) is 11.3 Å². The predicted octanol–water partition coefficient (Wildman–Crippen LogP) is 2.59. The molecule has 1 unspecified atom stereocenters. The van der Waals surface area contributed by atoms with Crippen molar-refractivity contribution in [2.24, 2.45) is 5.92 Å². The Morgan fingerprint density at radius 2 is 1.86 bits per heavy atom. The molecule has 0 aliphatic carbocycles. The van der Waals surface area contributed by atoms with E-state index in [0.29, 0.717) is 36.0 Å². The second-order valence-corrected chi connectivity index (χ2v) is 7.63. The number of ether oxygens (including phenoxy) is 1. The van der Waals surface area contributed by atoms with Crippen LogP contribution in [0, 0.1) is 5.92 Å². The second kappa shape index (κ2) is 10.1. The van der Waals surface area contributed by atoms with E-state index in [9.17, 15) is 9.59 Å². The molecule has 3 N–H and O–H groups in total. The van der Waals surface area contributed by atoms with Gasteiger partial charge in [-0.3, -0.25) is 9.59 Å². The number of anilines is 2. The third-order valence-electron chi connectivity index (χ3n) is 5.14. The second-order valence-electron chi connectivity index (χ2n) is 7.63. The van der Waals surface area contributed by atoms with Crippen LogP contribution >= 0.6 is 0 Å². The van der Waals surface area contributed by atoms with Gasteiger partial charge in [0, 0.05) is 11.6 Å². The summed E-state index contributed by atoms with van der Waals surface area (Å²) in [4.78, 5) is 26.6. The maximum Gasteiger partial charge on any atom is 0.279 e. The minimum atomic E-state index is -0.260. The molecule has 0 spiro atoms. The van der Waals surface area contributed by atoms with Crippen LogP contribution in [0.4, 0.5) is 11.4 Å². The summed E-state index contributed by atoms with van der Waals surface area (Å²) in [6.07, 6.45) is 2.39. The molecule has 0 bridgehead atoms. The first kappa shape index (κ1) is 20.9. The SMILES string of the molecule is CCOc1ccc(NC(=O)c2ccccc2NC(=O)C[NH+]2CCC[C@H](C)C2)cc1. The number of para-hydroxylation sites is 1. The zero-order valence-corrected chi connectivity index (χ0v) is 17.2. The molecule has 0 saturated carbocycles. The van der Waals surface area contributed by atoms with Gasteiger partial charge in [0.1, 0.15) is 5.75 Å². The molecule has 2 amide bonds. The molecule has 1 heterocycles. The molecule has 2 aromatic rings. The van der Waals surface area contributed by atoms with Crippen LogP contribution in [0.2, 0.25) is 0 Å². The Morgan fingerprint density at radius 3 is 2.59 bits per heavy atom. The lowest BCUT2D eigenvalue weighted by Crippen LogP contribution is -3.14. The van der Waals surface area contributed by atoms with Crippen molar-refractivity contribution in [3.63, 3.8) is 0 Å². The van der Waals surface area contributed by atoms with E-state index in [2.05, 4.69) is 17.6 Å². The van der Waals surface area contributed by atoms with Crippen molar-refractivity contribution in [3.8, 4) is 5.75 Å². The van der Waals surface area contributed by atoms with Crippen molar-refractivity contribution in [1.82, 2.24) is 0 Å². The molecule has 29 heavy (non-hydrogen) atoms. The van der Waals surface area contributed by atoms with Crippen LogP contribution in [0.25, 0.3) is 0 Å². The molecular formula is C23H30N3O3+. The van der Waals surface area contributed by atoms with E-state index in [4.69, 9.17) is 4.74 Å². The van der Waals surface area contributed by atoms with E-state index in [1.54, 1.807) is 30.3 Å². The zero-order chi connectivity index (χ0) is 20.6. The van der Waals surface area contributed by atoms with Gasteiger partial charge in [-0.05, 0) is 56.2 Å². The van der Waals surface area contributed by atoms with Gasteiger partial charge in [0.15, 0.2) is 6.54 Å². The van der Waals surface area contributed by atoms with Gasteiger partial charge in [0.05, 0.1) is 30.9 Å². The summed E-state index contributed by atoms with van der Waals surface area (Å²) in [7, 11) is 0. The number of likely N-dealkylation sites (tertiary alicyclic amines) is 1. The molecule has 154 valence electrons. The molecule has 6 heteroatoms. The minimum absolute atomic E-state index is 0.0598. The van der Waals surface area contributed by atoms with Crippen LogP contribution < -0.4 is 20.3 Å². The molecular weight excluding hydrogens is 366 g/mol. The van der Waals surface area contributed by atoms with Crippen LogP contribution in [0.1, 0.15) is 37.0 Å². The Hall–Kier alpha value is -2.86. The van der Waals surface area contributed by atoms with Gasteiger partial charge in [0.2, 0.25) is 0 Å². The van der Waals surface area contributed by atoms with Gasteiger partial charge in [-0.2, -0.15) is 0 Å². The molecule has 6 nitrogen and oxygen atoms in total. The number of hydrogen-bond donors (Lipinski definition) is 3. The number of carbonyl (C=O) groups is 2. The first-order valence-corrected chi connectivity index (χ1v) is 10.3. The molecule has 2 aromatic carbocycles. The largest absolute Gasteiger partial charge is 0.494 e. The van der Waals surface area contributed by atoms with Crippen LogP contribution in [-0.4, -0.2) is 38.1 Å². The maximum absolute atomic E-state index is 12.8. The number of rotatable bonds is 7. The highest BCUT2D eigenvalue weighted by Crippen LogP contribution is 2.19. The lowest BCUT2D eigenvalue weighted by atomic mass is 10.0. The van der Waals surface area contributed by atoms with E-state index in [-0.39, 0.29) is 11.8 Å². The average molecular weight is 397 g/mol. The Kier molecular flexibility index (Phi) is 7.25. The first-order valence-electron chi connectivity index (χ1n) is 10.3. The van der Waals surface area contributed by atoms with E-state index in [1.807, 2.05) is 25.1 Å². The van der Waals surface area contributed by atoms with Crippen LogP contribution in [0.15, 0.2) is 48.5 Å². The normalized spacial score (nSPS) is 18.7. The lowest BCUT2D eigenvalue weighted by molar-refractivity contribution is -0.900. The highest BCUT2D eigenvalue weighted by molar-refractivity contribution is 6.10. The van der Waals surface area contributed by atoms with Crippen LogP contribution in [0.3, 0.4) is 0 Å². The average Bonchev–Trinajstić information content (AvgIpc) is 2.70. The topological polar surface area (TPSA) is 71.9 Å². The fourth-order valence-electron chi connectivity index (χ4n) is 3.77. The summed E-state index contributed by atoms with van der Waals surface area (Å²) in [5.41, 5.74) is 1.65. The molecule has 1 fully saturated rings. The fourth-order valence-corrected chi connectivity index (χ4v) is 3.77. The van der Waals surface area contributed by atoms with Crippen molar-refractivity contribution in [2.75, 3.05) is 36.9 Å². The molecule has 0 radical (unpaired) electrons. The highest BCUT2D eigenvalue weighted by Gasteiger charge is 2.22. The van der Waals surface area contributed by atoms with Gasteiger partial charge in [-0.15, -0.1) is 0 Å². The van der Waals surface area contributed by atoms with Gasteiger partial charge in [-0.25, -0.2) is 0 Å². The van der Waals surface area contributed by atoms with E-state index in [0.717, 1.165) is 25.3 Å². The van der Waals surface area contributed by atoms with Gasteiger partial charge in [0.25, 0.3) is 11.8 Å². The third-order valence-corrected chi connectivity index (χ3v) is 5.14. The Balaban J connectivity index is 1.63. The Bertz CT molecular complexity index is 836. The molecule has 1 aliphatic heterocycles. The molecule has 2 atom stereocenters. The zero-order valence-electron chi connectivity index (χ0n) is 17.2. The van der Waals surface area contributed by atoms with Crippen LogP contribution in [0.5, 0.6) is 5.75 Å². The summed E-state index contributed by atoms with van der Waals surface area (Å²) < 4.78 is 5.42. The molecule has 1 aliphatic rings. The van der Waals surface area contributed by atoms with E-state index < -0.39 is 0 Å². The van der Waals surface area contributed by atoms with Crippen molar-refractivity contribution in [1.29, 1.82) is 0 Å². The monoisotopic (exact) mass is 396 g/mol. The number of nitrogens with one attached hydrogen (secondary N) is 3. The molecule has 1 saturated heterocycles. The molecule has 3 rings (SSSR count).